The van der Waals surface area contributed by atoms with Crippen molar-refractivity contribution in [3.05, 3.63) is 64.3 Å². The number of carbonyl (C=O) groups is 1. The maximum absolute atomic E-state index is 13.0. The van der Waals surface area contributed by atoms with Gasteiger partial charge in [0.1, 0.15) is 5.69 Å². The van der Waals surface area contributed by atoms with Crippen LogP contribution in [0.5, 0.6) is 0 Å². The fraction of sp³-hybridized carbons (Fsp3) is 0.450. The molecule has 6 nitrogen and oxygen atoms in total. The lowest BCUT2D eigenvalue weighted by Gasteiger charge is -2.33. The zero-order chi connectivity index (χ0) is 18.4. The minimum atomic E-state index is -0.300. The Morgan fingerprint density at radius 3 is 2.85 bits per heavy atom. The number of amides is 1. The molecule has 1 aromatic heterocycles. The van der Waals surface area contributed by atoms with Crippen molar-refractivity contribution in [2.45, 2.75) is 19.3 Å². The van der Waals surface area contributed by atoms with Crippen molar-refractivity contribution in [3.8, 4) is 0 Å². The van der Waals surface area contributed by atoms with Gasteiger partial charge in [-0.25, -0.2) is 4.98 Å². The highest BCUT2D eigenvalue weighted by atomic mass is 16.2. The van der Waals surface area contributed by atoms with E-state index in [1.165, 1.54) is 18.2 Å². The molecule has 2 aromatic rings. The number of H-pyrrole nitrogens is 1. The molecule has 2 heterocycles. The summed E-state index contributed by atoms with van der Waals surface area (Å²) in [5.74, 6) is 0.349. The average Bonchev–Trinajstić information content (AvgIpc) is 2.66. The molecule has 6 heteroatoms. The molecule has 0 spiro atoms. The number of rotatable bonds is 6. The Bertz CT molecular complexity index is 754. The molecule has 0 unspecified atom stereocenters. The van der Waals surface area contributed by atoms with Gasteiger partial charge in [0.25, 0.3) is 11.5 Å². The van der Waals surface area contributed by atoms with E-state index in [0.29, 0.717) is 18.2 Å². The van der Waals surface area contributed by atoms with Crippen LogP contribution in [0, 0.1) is 5.92 Å². The van der Waals surface area contributed by atoms with Crippen LogP contribution >= 0.6 is 0 Å². The third kappa shape index (κ3) is 5.02. The van der Waals surface area contributed by atoms with Crippen molar-refractivity contribution in [3.63, 3.8) is 0 Å². The van der Waals surface area contributed by atoms with Crippen molar-refractivity contribution in [2.75, 3.05) is 33.2 Å². The molecule has 0 aliphatic carbocycles. The van der Waals surface area contributed by atoms with Crippen molar-refractivity contribution >= 4 is 5.91 Å². The third-order valence-corrected chi connectivity index (χ3v) is 4.89. The quantitative estimate of drug-likeness (QED) is 0.859. The fourth-order valence-electron chi connectivity index (χ4n) is 3.54. The second kappa shape index (κ2) is 8.76. The van der Waals surface area contributed by atoms with Gasteiger partial charge in [-0.15, -0.1) is 0 Å². The molecule has 1 amide bonds. The number of aromatic amines is 1. The number of benzene rings is 1. The summed E-state index contributed by atoms with van der Waals surface area (Å²) in [6, 6.07) is 10.2. The van der Waals surface area contributed by atoms with Gasteiger partial charge in [0.15, 0.2) is 0 Å². The summed E-state index contributed by atoms with van der Waals surface area (Å²) < 4.78 is 0. The highest BCUT2D eigenvalue weighted by Gasteiger charge is 2.24. The van der Waals surface area contributed by atoms with E-state index in [1.54, 1.807) is 0 Å². The second-order valence-electron chi connectivity index (χ2n) is 7.05. The summed E-state index contributed by atoms with van der Waals surface area (Å²) in [6.45, 7) is 3.49. The molecule has 0 radical (unpaired) electrons. The van der Waals surface area contributed by atoms with E-state index in [1.807, 2.05) is 23.1 Å². The Morgan fingerprint density at radius 1 is 1.35 bits per heavy atom. The lowest BCUT2D eigenvalue weighted by atomic mass is 9.97. The first kappa shape index (κ1) is 18.3. The summed E-state index contributed by atoms with van der Waals surface area (Å²) >= 11 is 0. The summed E-state index contributed by atoms with van der Waals surface area (Å²) in [6.07, 6.45) is 5.68. The minimum Gasteiger partial charge on any atom is -0.337 e. The normalized spacial score (nSPS) is 17.8. The molecule has 1 aliphatic rings. The van der Waals surface area contributed by atoms with Gasteiger partial charge in [0.05, 0.1) is 6.20 Å². The van der Waals surface area contributed by atoms with Crippen LogP contribution in [0.3, 0.4) is 0 Å². The molecular formula is C20H26N4O2. The Labute approximate surface area is 153 Å². The molecule has 1 fully saturated rings. The molecule has 138 valence electrons. The minimum absolute atomic E-state index is 0.120. The Kier molecular flexibility index (Phi) is 6.17. The largest absolute Gasteiger partial charge is 0.337 e. The molecule has 3 rings (SSSR count). The van der Waals surface area contributed by atoms with Crippen LogP contribution in [0.15, 0.2) is 47.5 Å². The van der Waals surface area contributed by atoms with E-state index in [2.05, 4.69) is 34.0 Å². The van der Waals surface area contributed by atoms with Crippen molar-refractivity contribution < 1.29 is 4.79 Å². The maximum atomic E-state index is 13.0. The second-order valence-corrected chi connectivity index (χ2v) is 7.05. The number of piperidine rings is 1. The topological polar surface area (TPSA) is 69.3 Å². The van der Waals surface area contributed by atoms with Gasteiger partial charge >= 0.3 is 0 Å². The van der Waals surface area contributed by atoms with Crippen LogP contribution in [-0.2, 0) is 6.42 Å². The van der Waals surface area contributed by atoms with Crippen LogP contribution in [0.2, 0.25) is 0 Å². The first-order chi connectivity index (χ1) is 12.6. The van der Waals surface area contributed by atoms with E-state index < -0.39 is 0 Å². The van der Waals surface area contributed by atoms with E-state index in [4.69, 9.17) is 0 Å². The van der Waals surface area contributed by atoms with Crippen LogP contribution < -0.4 is 5.56 Å². The van der Waals surface area contributed by atoms with Gasteiger partial charge in [-0.1, -0.05) is 30.3 Å². The van der Waals surface area contributed by atoms with Crippen LogP contribution in [0.4, 0.5) is 0 Å². The average molecular weight is 354 g/mol. The zero-order valence-corrected chi connectivity index (χ0v) is 15.2. The van der Waals surface area contributed by atoms with Crippen LogP contribution in [0.1, 0.15) is 28.9 Å². The number of aromatic nitrogens is 2. The Morgan fingerprint density at radius 2 is 2.15 bits per heavy atom. The van der Waals surface area contributed by atoms with E-state index >= 15 is 0 Å². The first-order valence-corrected chi connectivity index (χ1v) is 9.18. The molecule has 1 N–H and O–H groups in total. The first-order valence-electron chi connectivity index (χ1n) is 9.18. The number of hydrogen-bond acceptors (Lipinski definition) is 4. The predicted octanol–water partition coefficient (Wildman–Crippen LogP) is 1.80. The third-order valence-electron chi connectivity index (χ3n) is 4.89. The standard InChI is InChI=1S/C20H26N4O2/c1-23-10-5-8-17(14-23)15-24(11-9-16-6-3-2-4-7-16)20(26)18-12-22-19(25)13-21-18/h2-4,6-7,12-13,17H,5,8-11,14-15H2,1H3,(H,22,25)/t17-/m1/s1. The van der Waals surface area contributed by atoms with Crippen molar-refractivity contribution in [1.29, 1.82) is 0 Å². The molecular weight excluding hydrogens is 328 g/mol. The number of nitrogens with one attached hydrogen (secondary N) is 1. The number of hydrogen-bond donors (Lipinski definition) is 1. The van der Waals surface area contributed by atoms with Crippen molar-refractivity contribution in [1.82, 2.24) is 19.8 Å². The van der Waals surface area contributed by atoms with E-state index in [-0.39, 0.29) is 11.5 Å². The zero-order valence-electron chi connectivity index (χ0n) is 15.2. The molecule has 1 aliphatic heterocycles. The summed E-state index contributed by atoms with van der Waals surface area (Å²) in [5.41, 5.74) is 1.20. The smallest absolute Gasteiger partial charge is 0.273 e. The van der Waals surface area contributed by atoms with Gasteiger partial charge in [0.2, 0.25) is 0 Å². The van der Waals surface area contributed by atoms with E-state index in [9.17, 15) is 9.59 Å². The van der Waals surface area contributed by atoms with Crippen LogP contribution in [0.25, 0.3) is 0 Å². The highest BCUT2D eigenvalue weighted by molar-refractivity contribution is 5.92. The summed E-state index contributed by atoms with van der Waals surface area (Å²) in [7, 11) is 2.13. The molecule has 1 saturated heterocycles. The molecule has 1 atom stereocenters. The van der Waals surface area contributed by atoms with Gasteiger partial charge in [-0.3, -0.25) is 9.59 Å². The van der Waals surface area contributed by atoms with Gasteiger partial charge < -0.3 is 14.8 Å². The monoisotopic (exact) mass is 354 g/mol. The number of nitrogens with zero attached hydrogens (tertiary/aromatic N) is 3. The van der Waals surface area contributed by atoms with Gasteiger partial charge in [-0.2, -0.15) is 0 Å². The maximum Gasteiger partial charge on any atom is 0.273 e. The van der Waals surface area contributed by atoms with Gasteiger partial charge in [-0.05, 0) is 44.3 Å². The molecule has 1 aromatic carbocycles. The number of carbonyl (C=O) groups excluding carboxylic acids is 1. The van der Waals surface area contributed by atoms with Crippen LogP contribution in [-0.4, -0.2) is 58.9 Å². The van der Waals surface area contributed by atoms with Gasteiger partial charge in [0, 0.05) is 25.8 Å². The molecule has 0 saturated carbocycles. The fourth-order valence-corrected chi connectivity index (χ4v) is 3.54. The van der Waals surface area contributed by atoms with E-state index in [0.717, 1.165) is 38.7 Å². The lowest BCUT2D eigenvalue weighted by molar-refractivity contribution is 0.0687. The SMILES string of the molecule is CN1CCC[C@@H](CN(CCc2ccccc2)C(=O)c2c[nH]c(=O)cn2)C1. The van der Waals surface area contributed by atoms with Crippen molar-refractivity contribution in [2.24, 2.45) is 5.92 Å². The Hall–Kier alpha value is -2.47. The predicted molar refractivity (Wildman–Crippen MR) is 101 cm³/mol. The molecule has 0 bridgehead atoms. The highest BCUT2D eigenvalue weighted by Crippen LogP contribution is 2.17. The summed E-state index contributed by atoms with van der Waals surface area (Å²) in [4.78, 5) is 35.0. The Balaban J connectivity index is 1.72. The lowest BCUT2D eigenvalue weighted by Crippen LogP contribution is -2.42. The molecule has 26 heavy (non-hydrogen) atoms. The summed E-state index contributed by atoms with van der Waals surface area (Å²) in [5, 5.41) is 0. The number of likely N-dealkylation sites (tertiary alicyclic amines) is 1.